The minimum atomic E-state index is -4.25. The van der Waals surface area contributed by atoms with Crippen LogP contribution in [0.25, 0.3) is 12.2 Å². The van der Waals surface area contributed by atoms with Crippen molar-refractivity contribution in [2.24, 2.45) is 0 Å². The molecule has 2 unspecified atom stereocenters. The number of fused-ring (bicyclic) bond motifs is 2. The Bertz CT molecular complexity index is 1270. The van der Waals surface area contributed by atoms with Crippen molar-refractivity contribution in [2.75, 3.05) is 0 Å². The van der Waals surface area contributed by atoms with Crippen molar-refractivity contribution in [1.29, 1.82) is 0 Å². The molecule has 4 heteroatoms. The molecule has 0 N–H and O–H groups in total. The number of benzene rings is 3. The molecule has 0 fully saturated rings. The molecule has 0 heterocycles. The third-order valence-electron chi connectivity index (χ3n) is 7.85. The molecule has 0 saturated heterocycles. The van der Waals surface area contributed by atoms with Gasteiger partial charge in [0.1, 0.15) is 0 Å². The average molecular weight is 570 g/mol. The van der Waals surface area contributed by atoms with Gasteiger partial charge in [0.2, 0.25) is 0 Å². The van der Waals surface area contributed by atoms with Gasteiger partial charge in [-0.05, 0) is 0 Å². The summed E-state index contributed by atoms with van der Waals surface area (Å²) >= 11 is -4.25. The second kappa shape index (κ2) is 8.80. The van der Waals surface area contributed by atoms with Gasteiger partial charge >= 0.3 is 209 Å². The molecule has 0 aliphatic heterocycles. The molecule has 2 aliphatic rings. The Morgan fingerprint density at radius 2 is 1.45 bits per heavy atom. The van der Waals surface area contributed by atoms with Gasteiger partial charge < -0.3 is 0 Å². The summed E-state index contributed by atoms with van der Waals surface area (Å²) in [6.07, 6.45) is 10.1. The Balaban J connectivity index is 1.56. The second-order valence-electron chi connectivity index (χ2n) is 9.96. The van der Waals surface area contributed by atoms with E-state index in [4.69, 9.17) is 17.0 Å². The number of hydrogen-bond acceptors (Lipinski definition) is 0. The Kier molecular flexibility index (Phi) is 6.28. The van der Waals surface area contributed by atoms with Gasteiger partial charge in [0.15, 0.2) is 0 Å². The SMILES string of the molecule is CCc1cc(C2C=Cc3ccccc32)cc[c]1[Zr]([Cl])([Cl])([CH2]C1C=Cc2ccccc21)[SiH](C)C. The molecule has 0 spiro atoms. The van der Waals surface area contributed by atoms with Crippen molar-refractivity contribution >= 4 is 38.4 Å². The fourth-order valence-electron chi connectivity index (χ4n) is 5.70. The Morgan fingerprint density at radius 3 is 2.15 bits per heavy atom. The van der Waals surface area contributed by atoms with Crippen molar-refractivity contribution in [3.63, 3.8) is 0 Å². The minimum absolute atomic E-state index is 0.313. The molecule has 169 valence electrons. The van der Waals surface area contributed by atoms with E-state index in [0.29, 0.717) is 11.8 Å². The summed E-state index contributed by atoms with van der Waals surface area (Å²) in [5.41, 5.74) is 8.12. The first-order valence-electron chi connectivity index (χ1n) is 12.1. The van der Waals surface area contributed by atoms with E-state index in [-0.39, 0.29) is 0 Å². The zero-order valence-corrected chi connectivity index (χ0v) is 24.7. The fraction of sp³-hybridized carbons (Fsp3) is 0.241. The van der Waals surface area contributed by atoms with E-state index in [2.05, 4.69) is 111 Å². The Labute approximate surface area is 207 Å². The molecule has 2 atom stereocenters. The van der Waals surface area contributed by atoms with Crippen molar-refractivity contribution in [3.05, 3.63) is 112 Å². The summed E-state index contributed by atoms with van der Waals surface area (Å²) in [4.78, 5) is 0. The van der Waals surface area contributed by atoms with Crippen molar-refractivity contribution < 1.29 is 15.6 Å². The Morgan fingerprint density at radius 1 is 0.818 bits per heavy atom. The van der Waals surface area contributed by atoms with E-state index in [9.17, 15) is 0 Å². The molecule has 0 nitrogen and oxygen atoms in total. The van der Waals surface area contributed by atoms with E-state index < -0.39 is 21.5 Å². The number of halogens is 2. The van der Waals surface area contributed by atoms with Crippen molar-refractivity contribution in [2.45, 2.75) is 42.4 Å². The van der Waals surface area contributed by atoms with E-state index in [1.54, 1.807) is 0 Å². The fourth-order valence-corrected chi connectivity index (χ4v) is 28.8. The molecule has 0 amide bonds. The molecular formula is C29H31Cl2SiZr. The molecule has 5 rings (SSSR count). The van der Waals surface area contributed by atoms with Gasteiger partial charge in [-0.3, -0.25) is 0 Å². The van der Waals surface area contributed by atoms with Crippen LogP contribution in [0.1, 0.15) is 52.1 Å². The number of hydrogen-bond donors (Lipinski definition) is 0. The summed E-state index contributed by atoms with van der Waals surface area (Å²) < 4.78 is 2.24. The maximum atomic E-state index is 7.87. The van der Waals surface area contributed by atoms with E-state index in [0.717, 1.165) is 10.5 Å². The topological polar surface area (TPSA) is 0 Å². The summed E-state index contributed by atoms with van der Waals surface area (Å²) in [6, 6.07) is 24.4. The molecule has 3 aromatic rings. The van der Waals surface area contributed by atoms with Crippen LogP contribution >= 0.6 is 17.0 Å². The third-order valence-corrected chi connectivity index (χ3v) is 56.6. The first-order chi connectivity index (χ1) is 15.8. The molecule has 0 aromatic heterocycles. The first-order valence-corrected chi connectivity index (χ1v) is 28.5. The normalized spacial score (nSPS) is 20.0. The number of allylic oxidation sites excluding steroid dienone is 2. The van der Waals surface area contributed by atoms with Crippen LogP contribution < -0.4 is 3.27 Å². The molecular weight excluding hydrogens is 539 g/mol. The molecule has 33 heavy (non-hydrogen) atoms. The van der Waals surface area contributed by atoms with Crippen LogP contribution in [0.15, 0.2) is 78.9 Å². The molecule has 3 aromatic carbocycles. The zero-order chi connectivity index (χ0) is 23.2. The van der Waals surface area contributed by atoms with Crippen LogP contribution in [-0.4, -0.2) is 5.92 Å². The quantitative estimate of drug-likeness (QED) is 0.262. The van der Waals surface area contributed by atoms with Crippen LogP contribution in [0.3, 0.4) is 0 Å². The summed E-state index contributed by atoms with van der Waals surface area (Å²) in [7, 11) is 15.7. The summed E-state index contributed by atoms with van der Waals surface area (Å²) in [5.74, 6) is -0.721. The van der Waals surface area contributed by atoms with Crippen LogP contribution in [0.2, 0.25) is 17.2 Å². The average Bonchev–Trinajstić information content (AvgIpc) is 3.43. The van der Waals surface area contributed by atoms with E-state index >= 15 is 0 Å². The van der Waals surface area contributed by atoms with Crippen LogP contribution in [0.5, 0.6) is 0 Å². The van der Waals surface area contributed by atoms with Crippen LogP contribution in [0.4, 0.5) is 0 Å². The van der Waals surface area contributed by atoms with E-state index in [1.807, 2.05) is 0 Å². The molecule has 2 aliphatic carbocycles. The standard InChI is InChI=1S/C17H15.C10H9.C2H7Si.2ClH.Zr/c1-2-13-6-5-8-15(12-13)17-11-10-14-7-3-4-9-16(14)17;1-8-6-7-9-4-2-3-5-10(8)9;1-3-2;;;/h3-5,7-12,17H,2H2,1H3;2-8H,1H2;3H,1-2H3;2*1H;/q;;;;;+2/p-2. The van der Waals surface area contributed by atoms with Gasteiger partial charge in [0, 0.05) is 0 Å². The van der Waals surface area contributed by atoms with Crippen molar-refractivity contribution in [1.82, 2.24) is 0 Å². The van der Waals surface area contributed by atoms with Gasteiger partial charge in [-0.15, -0.1) is 0 Å². The van der Waals surface area contributed by atoms with Crippen LogP contribution in [-0.2, 0) is 22.0 Å². The van der Waals surface area contributed by atoms with Crippen molar-refractivity contribution in [3.8, 4) is 0 Å². The predicted octanol–water partition coefficient (Wildman–Crippen LogP) is 8.24. The van der Waals surface area contributed by atoms with E-state index in [1.165, 1.54) is 36.7 Å². The molecule has 0 bridgehead atoms. The van der Waals surface area contributed by atoms with Gasteiger partial charge in [-0.25, -0.2) is 0 Å². The predicted molar refractivity (Wildman–Crippen MR) is 146 cm³/mol. The maximum absolute atomic E-state index is 7.87. The second-order valence-corrected chi connectivity index (χ2v) is 52.6. The monoisotopic (exact) mass is 567 g/mol. The third kappa shape index (κ3) is 4.02. The first kappa shape index (κ1) is 23.6. The van der Waals surface area contributed by atoms with Gasteiger partial charge in [0.05, 0.1) is 0 Å². The number of aryl methyl sites for hydroxylation is 1. The Hall–Kier alpha value is -1.18. The van der Waals surface area contributed by atoms with Gasteiger partial charge in [-0.1, -0.05) is 0 Å². The summed E-state index contributed by atoms with van der Waals surface area (Å²) in [6.45, 7) is 7.00. The summed E-state index contributed by atoms with van der Waals surface area (Å²) in [5, 5.41) is 0. The van der Waals surface area contributed by atoms with Gasteiger partial charge in [0.25, 0.3) is 0 Å². The molecule has 0 radical (unpaired) electrons. The zero-order valence-electron chi connectivity index (χ0n) is 19.6. The van der Waals surface area contributed by atoms with Gasteiger partial charge in [-0.2, -0.15) is 0 Å². The van der Waals surface area contributed by atoms with Crippen LogP contribution in [0, 0.1) is 0 Å². The molecule has 0 saturated carbocycles. The number of rotatable bonds is 6.